The molecule has 0 spiro atoms. The summed E-state index contributed by atoms with van der Waals surface area (Å²) in [6.07, 6.45) is 1.03. The SMILES string of the molecule is CC#C[SiH2]OC(Cc1ccccc1)c1ccccc1. The van der Waals surface area contributed by atoms with Gasteiger partial charge in [-0.2, -0.15) is 0 Å². The van der Waals surface area contributed by atoms with E-state index in [1.807, 2.05) is 19.1 Å². The molecule has 0 N–H and O–H groups in total. The van der Waals surface area contributed by atoms with Crippen molar-refractivity contribution in [1.82, 2.24) is 0 Å². The van der Waals surface area contributed by atoms with E-state index in [-0.39, 0.29) is 6.10 Å². The molecular weight excluding hydrogens is 248 g/mol. The molecule has 2 rings (SSSR count). The van der Waals surface area contributed by atoms with Gasteiger partial charge in [0.1, 0.15) is 0 Å². The van der Waals surface area contributed by atoms with Crippen LogP contribution in [0.3, 0.4) is 0 Å². The van der Waals surface area contributed by atoms with Crippen LogP contribution in [0.4, 0.5) is 0 Å². The molecule has 0 aliphatic carbocycles. The zero-order valence-electron chi connectivity index (χ0n) is 11.2. The molecule has 19 heavy (non-hydrogen) atoms. The largest absolute Gasteiger partial charge is 0.404 e. The first kappa shape index (κ1) is 13.6. The standard InChI is InChI=1S/C17H18OSi/c1-2-13-19-18-17(16-11-7-4-8-12-16)14-15-9-5-3-6-10-15/h3-12,17H,14,19H2,1H3. The second-order valence-corrected chi connectivity index (χ2v) is 5.30. The van der Waals surface area contributed by atoms with Crippen LogP contribution in [0, 0.1) is 11.5 Å². The summed E-state index contributed by atoms with van der Waals surface area (Å²) in [5, 5.41) is 0. The molecule has 2 heteroatoms. The van der Waals surface area contributed by atoms with Gasteiger partial charge in [0.2, 0.25) is 9.76 Å². The molecule has 0 aliphatic rings. The highest BCUT2D eigenvalue weighted by molar-refractivity contribution is 6.38. The Morgan fingerprint density at radius 2 is 1.63 bits per heavy atom. The number of hydrogen-bond donors (Lipinski definition) is 0. The Morgan fingerprint density at radius 3 is 2.26 bits per heavy atom. The molecule has 0 aliphatic heterocycles. The average Bonchev–Trinajstić information content (AvgIpc) is 2.48. The highest BCUT2D eigenvalue weighted by Crippen LogP contribution is 2.21. The fraction of sp³-hybridized carbons (Fsp3) is 0.176. The summed E-state index contributed by atoms with van der Waals surface area (Å²) in [5.74, 6) is 2.93. The van der Waals surface area contributed by atoms with Crippen molar-refractivity contribution in [3.8, 4) is 11.5 Å². The van der Waals surface area contributed by atoms with Crippen molar-refractivity contribution in [2.75, 3.05) is 0 Å². The molecule has 0 amide bonds. The lowest BCUT2D eigenvalue weighted by atomic mass is 10.0. The zero-order valence-corrected chi connectivity index (χ0v) is 12.6. The average molecular weight is 266 g/mol. The van der Waals surface area contributed by atoms with Crippen LogP contribution in [0.1, 0.15) is 24.2 Å². The van der Waals surface area contributed by atoms with E-state index in [1.54, 1.807) is 0 Å². The summed E-state index contributed by atoms with van der Waals surface area (Å²) in [6, 6.07) is 20.9. The van der Waals surface area contributed by atoms with Crippen molar-refractivity contribution in [2.24, 2.45) is 0 Å². The molecule has 2 aromatic carbocycles. The summed E-state index contributed by atoms with van der Waals surface area (Å²) < 4.78 is 6.04. The van der Waals surface area contributed by atoms with E-state index in [1.165, 1.54) is 11.1 Å². The van der Waals surface area contributed by atoms with Gasteiger partial charge in [0, 0.05) is 6.42 Å². The smallest absolute Gasteiger partial charge is 0.241 e. The van der Waals surface area contributed by atoms with Crippen LogP contribution in [0.15, 0.2) is 60.7 Å². The predicted octanol–water partition coefficient (Wildman–Crippen LogP) is 3.05. The quantitative estimate of drug-likeness (QED) is 0.597. The van der Waals surface area contributed by atoms with E-state index in [0.717, 1.165) is 6.42 Å². The lowest BCUT2D eigenvalue weighted by molar-refractivity contribution is 0.222. The fourth-order valence-electron chi connectivity index (χ4n) is 1.98. The second kappa shape index (κ2) is 7.58. The van der Waals surface area contributed by atoms with E-state index in [0.29, 0.717) is 0 Å². The first-order chi connectivity index (χ1) is 9.40. The molecule has 1 atom stereocenters. The van der Waals surface area contributed by atoms with Crippen LogP contribution in [0.25, 0.3) is 0 Å². The third kappa shape index (κ3) is 4.40. The van der Waals surface area contributed by atoms with Gasteiger partial charge in [0.25, 0.3) is 0 Å². The van der Waals surface area contributed by atoms with Crippen LogP contribution in [-0.4, -0.2) is 9.76 Å². The van der Waals surface area contributed by atoms with Crippen LogP contribution < -0.4 is 0 Å². The number of hydrogen-bond acceptors (Lipinski definition) is 1. The van der Waals surface area contributed by atoms with Gasteiger partial charge in [-0.25, -0.2) is 0 Å². The van der Waals surface area contributed by atoms with Crippen molar-refractivity contribution < 1.29 is 4.43 Å². The van der Waals surface area contributed by atoms with Crippen molar-refractivity contribution in [3.05, 3.63) is 71.8 Å². The minimum atomic E-state index is -0.757. The minimum absolute atomic E-state index is 0.121. The molecule has 0 saturated carbocycles. The van der Waals surface area contributed by atoms with Crippen LogP contribution in [0.5, 0.6) is 0 Å². The van der Waals surface area contributed by atoms with E-state index in [4.69, 9.17) is 4.43 Å². The maximum Gasteiger partial charge on any atom is 0.241 e. The highest BCUT2D eigenvalue weighted by atomic mass is 28.2. The lowest BCUT2D eigenvalue weighted by Gasteiger charge is -2.17. The Labute approximate surface area is 117 Å². The van der Waals surface area contributed by atoms with E-state index in [2.05, 4.69) is 60.0 Å². The molecule has 0 radical (unpaired) electrons. The lowest BCUT2D eigenvalue weighted by Crippen LogP contribution is -2.10. The van der Waals surface area contributed by atoms with Gasteiger partial charge in [-0.1, -0.05) is 60.7 Å². The van der Waals surface area contributed by atoms with E-state index >= 15 is 0 Å². The molecule has 0 saturated heterocycles. The van der Waals surface area contributed by atoms with Crippen molar-refractivity contribution >= 4 is 9.76 Å². The van der Waals surface area contributed by atoms with E-state index < -0.39 is 9.76 Å². The molecule has 0 heterocycles. The van der Waals surface area contributed by atoms with Crippen LogP contribution in [-0.2, 0) is 10.8 Å². The second-order valence-electron chi connectivity index (χ2n) is 4.33. The first-order valence-corrected chi connectivity index (χ1v) is 7.78. The summed E-state index contributed by atoms with van der Waals surface area (Å²) >= 11 is 0. The summed E-state index contributed by atoms with van der Waals surface area (Å²) in [7, 11) is -0.757. The topological polar surface area (TPSA) is 9.23 Å². The Morgan fingerprint density at radius 1 is 1.00 bits per heavy atom. The van der Waals surface area contributed by atoms with Crippen LogP contribution >= 0.6 is 0 Å². The van der Waals surface area contributed by atoms with Gasteiger partial charge in [0.15, 0.2) is 0 Å². The van der Waals surface area contributed by atoms with Gasteiger partial charge in [-0.3, -0.25) is 0 Å². The molecule has 1 nitrogen and oxygen atoms in total. The molecule has 0 aromatic heterocycles. The van der Waals surface area contributed by atoms with E-state index in [9.17, 15) is 0 Å². The zero-order chi connectivity index (χ0) is 13.3. The van der Waals surface area contributed by atoms with Crippen LogP contribution in [0.2, 0.25) is 0 Å². The Hall–Kier alpha value is -1.82. The maximum atomic E-state index is 6.04. The van der Waals surface area contributed by atoms with Gasteiger partial charge in [-0.15, -0.1) is 11.5 Å². The first-order valence-electron chi connectivity index (χ1n) is 6.50. The van der Waals surface area contributed by atoms with Gasteiger partial charge >= 0.3 is 0 Å². The Kier molecular flexibility index (Phi) is 5.43. The molecule has 1 unspecified atom stereocenters. The van der Waals surface area contributed by atoms with Gasteiger partial charge in [-0.05, 0) is 18.1 Å². The third-order valence-electron chi connectivity index (χ3n) is 2.97. The number of rotatable bonds is 5. The third-order valence-corrected chi connectivity index (χ3v) is 4.04. The minimum Gasteiger partial charge on any atom is -0.404 e. The van der Waals surface area contributed by atoms with Crippen molar-refractivity contribution in [1.29, 1.82) is 0 Å². The van der Waals surface area contributed by atoms with Gasteiger partial charge in [0.05, 0.1) is 6.10 Å². The number of benzene rings is 2. The summed E-state index contributed by atoms with van der Waals surface area (Å²) in [5.41, 5.74) is 5.63. The predicted molar refractivity (Wildman–Crippen MR) is 82.4 cm³/mol. The summed E-state index contributed by atoms with van der Waals surface area (Å²) in [6.45, 7) is 1.87. The molecule has 0 fully saturated rings. The molecular formula is C17H18OSi. The summed E-state index contributed by atoms with van der Waals surface area (Å²) in [4.78, 5) is 0. The van der Waals surface area contributed by atoms with Crippen molar-refractivity contribution in [3.63, 3.8) is 0 Å². The molecule has 0 bridgehead atoms. The molecule has 96 valence electrons. The van der Waals surface area contributed by atoms with Crippen molar-refractivity contribution in [2.45, 2.75) is 19.4 Å². The monoisotopic (exact) mass is 266 g/mol. The Balaban J connectivity index is 2.11. The molecule has 2 aromatic rings. The maximum absolute atomic E-state index is 6.04. The van der Waals surface area contributed by atoms with Gasteiger partial charge < -0.3 is 4.43 Å². The highest BCUT2D eigenvalue weighted by Gasteiger charge is 2.11. The normalized spacial score (nSPS) is 12.1. The fourth-order valence-corrected chi connectivity index (χ4v) is 2.72. The Bertz CT molecular complexity index is 540.